The van der Waals surface area contributed by atoms with Crippen molar-refractivity contribution in [3.63, 3.8) is 0 Å². The topological polar surface area (TPSA) is 155 Å². The maximum atomic E-state index is 6.55. The first-order chi connectivity index (χ1) is 66.8. The van der Waals surface area contributed by atoms with Crippen LogP contribution in [0.15, 0.2) is 468 Å². The average molecular weight is 1730 g/mol. The molecule has 0 aliphatic carbocycles. The number of nitrogens with zero attached hydrogens (tertiary/aromatic N) is 9. The quantitative estimate of drug-likeness (QED) is 0.114. The maximum absolute atomic E-state index is 6.55. The molecule has 21 aromatic carbocycles. The molecule has 0 spiro atoms. The van der Waals surface area contributed by atoms with Crippen molar-refractivity contribution in [2.24, 2.45) is 0 Å². The molecule has 0 saturated carbocycles. The second kappa shape index (κ2) is 33.6. The Morgan fingerprint density at radius 3 is 0.837 bits per heavy atom. The predicted molar refractivity (Wildman–Crippen MR) is 552 cm³/mol. The van der Waals surface area contributed by atoms with E-state index in [4.69, 9.17) is 58.1 Å². The number of para-hydroxylation sites is 1. The van der Waals surface area contributed by atoms with Crippen LogP contribution in [0.1, 0.15) is 0 Å². The van der Waals surface area contributed by atoms with Crippen LogP contribution in [0, 0.1) is 0 Å². The lowest BCUT2D eigenvalue weighted by Crippen LogP contribution is -2.00. The molecule has 0 aliphatic heterocycles. The highest BCUT2D eigenvalue weighted by Crippen LogP contribution is 2.44. The number of benzene rings is 21. The van der Waals surface area contributed by atoms with Gasteiger partial charge in [0.2, 0.25) is 0 Å². The van der Waals surface area contributed by atoms with Crippen molar-refractivity contribution in [3.8, 4) is 136 Å². The standard InChI is InChI=1S/3C41H25N3O/c1-3-10-26(11-4-1)31-20-18-27-19-21-32(23-33(27)22-31)40-42-39(28-12-5-2-6-13-28)43-41(44-40)35-17-9-16-34-36-24-29-14-7-8-15-30(29)25-37(36)45-38(34)35;1-3-10-26(11-4-1)30-18-19-32-23-33(21-20-31(32)22-30)40-42-39(27-12-5-2-6-13-27)43-41(44-40)34-16-9-17-36-38(34)35-24-28-14-7-8-15-29(28)25-37(35)45-36;1-3-9-26(10-4-1)30-15-16-32-22-33(18-17-31(32)21-30)40-42-39(27-11-5-2-6-12-27)43-41(44-40)34-19-20-37-35(24-34)36-23-28-13-7-8-14-29(28)25-38(36)45-37/h3*1-25H. The number of hydrogen-bond donors (Lipinski definition) is 0. The molecular weight excluding hydrogens is 1650 g/mol. The summed E-state index contributed by atoms with van der Waals surface area (Å²) in [7, 11) is 0. The largest absolute Gasteiger partial charge is 0.456 e. The van der Waals surface area contributed by atoms with Crippen molar-refractivity contribution in [1.29, 1.82) is 0 Å². The molecule has 0 fully saturated rings. The van der Waals surface area contributed by atoms with E-state index in [1.54, 1.807) is 0 Å². The summed E-state index contributed by atoms with van der Waals surface area (Å²) in [6.07, 6.45) is 0. The van der Waals surface area contributed by atoms with Crippen molar-refractivity contribution in [1.82, 2.24) is 44.9 Å². The fraction of sp³-hybridized carbons (Fsp3) is 0. The minimum atomic E-state index is 0.575. The third-order valence-corrected chi connectivity index (χ3v) is 25.4. The Morgan fingerprint density at radius 2 is 0.400 bits per heavy atom. The van der Waals surface area contributed by atoms with E-state index in [1.165, 1.54) is 54.9 Å². The Kier molecular flexibility index (Phi) is 19.6. The van der Waals surface area contributed by atoms with Crippen LogP contribution in [0.4, 0.5) is 0 Å². The molecule has 0 saturated heterocycles. The summed E-state index contributed by atoms with van der Waals surface area (Å²) in [6.45, 7) is 0. The van der Waals surface area contributed by atoms with Gasteiger partial charge in [-0.3, -0.25) is 0 Å². The number of hydrogen-bond acceptors (Lipinski definition) is 12. The molecule has 0 atom stereocenters. The third kappa shape index (κ3) is 15.2. The second-order valence-electron chi connectivity index (χ2n) is 33.9. The van der Waals surface area contributed by atoms with Crippen molar-refractivity contribution in [2.45, 2.75) is 0 Å². The Balaban J connectivity index is 0.000000108. The Bertz CT molecular complexity index is 9320. The lowest BCUT2D eigenvalue weighted by Gasteiger charge is -2.10. The van der Waals surface area contributed by atoms with Gasteiger partial charge in [-0.15, -0.1) is 0 Å². The van der Waals surface area contributed by atoms with Crippen LogP contribution in [0.2, 0.25) is 0 Å². The fourth-order valence-electron chi connectivity index (χ4n) is 18.6. The molecule has 0 amide bonds. The molecule has 27 rings (SSSR count). The lowest BCUT2D eigenvalue weighted by atomic mass is 10.00. The lowest BCUT2D eigenvalue weighted by molar-refractivity contribution is 0.669. The Morgan fingerprint density at radius 1 is 0.126 bits per heavy atom. The summed E-state index contributed by atoms with van der Waals surface area (Å²) in [5.41, 5.74) is 20.4. The first kappa shape index (κ1) is 78.8. The Hall–Kier alpha value is -18.4. The van der Waals surface area contributed by atoms with Gasteiger partial charge in [0.15, 0.2) is 52.4 Å². The minimum absolute atomic E-state index is 0.575. The molecule has 0 N–H and O–H groups in total. The van der Waals surface area contributed by atoms with E-state index < -0.39 is 0 Å². The number of rotatable bonds is 12. The van der Waals surface area contributed by atoms with Crippen LogP contribution >= 0.6 is 0 Å². The van der Waals surface area contributed by atoms with E-state index in [0.717, 1.165) is 159 Å². The summed E-state index contributed by atoms with van der Waals surface area (Å²) in [5.74, 6) is 5.57. The van der Waals surface area contributed by atoms with Gasteiger partial charge in [-0.05, 0) is 201 Å². The van der Waals surface area contributed by atoms with Gasteiger partial charge in [-0.25, -0.2) is 44.9 Å². The molecule has 135 heavy (non-hydrogen) atoms. The first-order valence-corrected chi connectivity index (χ1v) is 45.1. The minimum Gasteiger partial charge on any atom is -0.456 e. The van der Waals surface area contributed by atoms with Gasteiger partial charge >= 0.3 is 0 Å². The molecule has 12 nitrogen and oxygen atoms in total. The van der Waals surface area contributed by atoms with Crippen LogP contribution in [-0.4, -0.2) is 44.9 Å². The van der Waals surface area contributed by atoms with Crippen LogP contribution in [0.5, 0.6) is 0 Å². The first-order valence-electron chi connectivity index (χ1n) is 45.1. The van der Waals surface area contributed by atoms with Gasteiger partial charge < -0.3 is 13.3 Å². The second-order valence-corrected chi connectivity index (χ2v) is 33.9. The highest BCUT2D eigenvalue weighted by atomic mass is 16.3. The van der Waals surface area contributed by atoms with Gasteiger partial charge in [0.05, 0.1) is 5.56 Å². The zero-order chi connectivity index (χ0) is 89.2. The summed E-state index contributed by atoms with van der Waals surface area (Å²) in [6, 6.07) is 157. The summed E-state index contributed by atoms with van der Waals surface area (Å²) >= 11 is 0. The SMILES string of the molecule is c1ccc(-c2ccc3cc(-c4nc(-c5ccccc5)nc(-c5ccc6oc7cc8ccccc8cc7c6c5)n4)ccc3c2)cc1.c1ccc(-c2ccc3cc(-c4nc(-c5ccccc5)nc(-c5cccc6oc7cc8ccccc8cc7c56)n4)ccc3c2)cc1.c1ccc(-c2ccc3ccc(-c4nc(-c5ccccc5)nc(-c5cccc6c5oc5cc7ccccc7cc56)n4)cc3c2)cc1. The van der Waals surface area contributed by atoms with Gasteiger partial charge in [0.25, 0.3) is 0 Å². The van der Waals surface area contributed by atoms with E-state index >= 15 is 0 Å². The number of furan rings is 3. The maximum Gasteiger partial charge on any atom is 0.167 e. The van der Waals surface area contributed by atoms with Gasteiger partial charge in [0.1, 0.15) is 33.5 Å². The monoisotopic (exact) mass is 1730 g/mol. The van der Waals surface area contributed by atoms with E-state index in [0.29, 0.717) is 52.4 Å². The molecule has 0 radical (unpaired) electrons. The smallest absolute Gasteiger partial charge is 0.167 e. The van der Waals surface area contributed by atoms with Crippen LogP contribution < -0.4 is 0 Å². The zero-order valence-corrected chi connectivity index (χ0v) is 72.6. The van der Waals surface area contributed by atoms with Gasteiger partial charge in [0, 0.05) is 76.8 Å². The van der Waals surface area contributed by atoms with E-state index in [2.05, 4.69) is 315 Å². The molecular formula is C123H75N9O3. The van der Waals surface area contributed by atoms with Crippen molar-refractivity contribution in [2.75, 3.05) is 0 Å². The van der Waals surface area contributed by atoms with E-state index in [-0.39, 0.29) is 0 Å². The zero-order valence-electron chi connectivity index (χ0n) is 72.6. The van der Waals surface area contributed by atoms with Crippen LogP contribution in [-0.2, 0) is 0 Å². The van der Waals surface area contributed by atoms with Gasteiger partial charge in [-0.1, -0.05) is 352 Å². The predicted octanol–water partition coefficient (Wildman–Crippen LogP) is 32.2. The normalized spacial score (nSPS) is 11.6. The van der Waals surface area contributed by atoms with Crippen molar-refractivity contribution >= 4 is 130 Å². The third-order valence-electron chi connectivity index (χ3n) is 25.4. The average Bonchev–Trinajstić information content (AvgIpc) is 1.60. The molecule has 27 aromatic rings. The molecule has 12 heteroatoms. The molecule has 6 aromatic heterocycles. The summed E-state index contributed by atoms with van der Waals surface area (Å²) < 4.78 is 19.2. The van der Waals surface area contributed by atoms with Crippen LogP contribution in [0.3, 0.4) is 0 Å². The molecule has 0 aliphatic rings. The highest BCUT2D eigenvalue weighted by molar-refractivity contribution is 6.17. The molecule has 0 unspecified atom stereocenters. The fourth-order valence-corrected chi connectivity index (χ4v) is 18.6. The summed E-state index contributed by atoms with van der Waals surface area (Å²) in [4.78, 5) is 45.2. The van der Waals surface area contributed by atoms with E-state index in [1.807, 2.05) is 140 Å². The summed E-state index contributed by atoms with van der Waals surface area (Å²) in [5, 5.41) is 20.1. The number of aromatic nitrogens is 9. The Labute approximate surface area is 774 Å². The van der Waals surface area contributed by atoms with Crippen molar-refractivity contribution in [3.05, 3.63) is 455 Å². The van der Waals surface area contributed by atoms with Crippen LogP contribution in [0.25, 0.3) is 266 Å². The molecule has 6 heterocycles. The van der Waals surface area contributed by atoms with E-state index in [9.17, 15) is 0 Å². The molecule has 0 bridgehead atoms. The molecule has 630 valence electrons. The highest BCUT2D eigenvalue weighted by Gasteiger charge is 2.24. The van der Waals surface area contributed by atoms with Gasteiger partial charge in [-0.2, -0.15) is 0 Å². The van der Waals surface area contributed by atoms with Crippen molar-refractivity contribution < 1.29 is 13.3 Å². The number of fused-ring (bicyclic) bond motifs is 15.